The highest BCUT2D eigenvalue weighted by Gasteiger charge is 2.34. The maximum atomic E-state index is 12.2. The van der Waals surface area contributed by atoms with E-state index in [1.54, 1.807) is 36.4 Å². The molecule has 8 heteroatoms. The molecule has 38 heavy (non-hydrogen) atoms. The highest BCUT2D eigenvalue weighted by Crippen LogP contribution is 2.32. The summed E-state index contributed by atoms with van der Waals surface area (Å²) in [5, 5.41) is 0. The summed E-state index contributed by atoms with van der Waals surface area (Å²) in [7, 11) is 2.92. The van der Waals surface area contributed by atoms with Crippen LogP contribution in [-0.2, 0) is 0 Å². The summed E-state index contributed by atoms with van der Waals surface area (Å²) in [5.74, 6) is 0.810. The molecule has 2 aliphatic heterocycles. The van der Waals surface area contributed by atoms with Crippen molar-refractivity contribution in [1.82, 2.24) is 9.80 Å². The van der Waals surface area contributed by atoms with Crippen molar-refractivity contribution >= 4 is 23.6 Å². The van der Waals surface area contributed by atoms with E-state index in [-0.39, 0.29) is 23.6 Å². The van der Waals surface area contributed by atoms with Crippen molar-refractivity contribution in [3.63, 3.8) is 0 Å². The van der Waals surface area contributed by atoms with E-state index in [9.17, 15) is 19.2 Å². The number of imide groups is 2. The lowest BCUT2D eigenvalue weighted by Crippen LogP contribution is -2.24. The Morgan fingerprint density at radius 1 is 0.421 bits per heavy atom. The van der Waals surface area contributed by atoms with Crippen molar-refractivity contribution < 1.29 is 28.7 Å². The van der Waals surface area contributed by atoms with Gasteiger partial charge in [0.05, 0.1) is 22.3 Å². The van der Waals surface area contributed by atoms with Crippen molar-refractivity contribution in [3.05, 3.63) is 107 Å². The van der Waals surface area contributed by atoms with Crippen LogP contribution in [0, 0.1) is 0 Å². The van der Waals surface area contributed by atoms with Crippen LogP contribution in [0.5, 0.6) is 23.0 Å². The molecule has 0 atom stereocenters. The molecule has 0 spiro atoms. The fraction of sp³-hybridized carbons (Fsp3) is 0.0667. The van der Waals surface area contributed by atoms with Crippen molar-refractivity contribution in [2.75, 3.05) is 14.1 Å². The maximum Gasteiger partial charge on any atom is 0.261 e. The second-order valence-electron chi connectivity index (χ2n) is 9.01. The number of benzene rings is 4. The van der Waals surface area contributed by atoms with Gasteiger partial charge in [-0.05, 0) is 71.8 Å². The van der Waals surface area contributed by atoms with Crippen molar-refractivity contribution in [2.24, 2.45) is 0 Å². The van der Waals surface area contributed by atoms with Gasteiger partial charge in [0.25, 0.3) is 23.6 Å². The molecule has 0 bridgehead atoms. The summed E-state index contributed by atoms with van der Waals surface area (Å²) < 4.78 is 11.8. The van der Waals surface area contributed by atoms with Crippen LogP contribution in [0.25, 0.3) is 11.1 Å². The van der Waals surface area contributed by atoms with E-state index in [4.69, 9.17) is 9.47 Å². The van der Waals surface area contributed by atoms with Crippen LogP contribution in [0.3, 0.4) is 0 Å². The molecular weight excluding hydrogens is 484 g/mol. The maximum absolute atomic E-state index is 12.2. The number of carbonyl (C=O) groups is 4. The Hall–Kier alpha value is -5.24. The fourth-order valence-corrected chi connectivity index (χ4v) is 4.51. The third kappa shape index (κ3) is 3.79. The van der Waals surface area contributed by atoms with E-state index >= 15 is 0 Å². The fourth-order valence-electron chi connectivity index (χ4n) is 4.51. The quantitative estimate of drug-likeness (QED) is 0.339. The van der Waals surface area contributed by atoms with Crippen LogP contribution in [0.2, 0.25) is 0 Å². The van der Waals surface area contributed by atoms with Crippen LogP contribution in [0.4, 0.5) is 0 Å². The van der Waals surface area contributed by atoms with Gasteiger partial charge in [-0.15, -0.1) is 0 Å². The monoisotopic (exact) mass is 504 g/mol. The molecule has 8 nitrogen and oxygen atoms in total. The summed E-state index contributed by atoms with van der Waals surface area (Å²) in [6.45, 7) is 0. The number of fused-ring (bicyclic) bond motifs is 2. The van der Waals surface area contributed by atoms with Crippen LogP contribution in [0.1, 0.15) is 41.4 Å². The third-order valence-electron chi connectivity index (χ3n) is 6.64. The molecule has 0 N–H and O–H groups in total. The lowest BCUT2D eigenvalue weighted by atomic mass is 10.1. The number of ether oxygens (including phenoxy) is 2. The normalized spacial score (nSPS) is 14.2. The second kappa shape index (κ2) is 8.70. The summed E-state index contributed by atoms with van der Waals surface area (Å²) in [6.07, 6.45) is 0. The van der Waals surface area contributed by atoms with E-state index in [1.807, 2.05) is 48.5 Å². The highest BCUT2D eigenvalue weighted by molar-refractivity contribution is 6.22. The topological polar surface area (TPSA) is 93.2 Å². The zero-order valence-corrected chi connectivity index (χ0v) is 20.4. The molecule has 0 saturated heterocycles. The Bertz CT molecular complexity index is 1530. The van der Waals surface area contributed by atoms with E-state index in [1.165, 1.54) is 14.1 Å². The Morgan fingerprint density at radius 3 is 1.11 bits per heavy atom. The molecule has 2 heterocycles. The van der Waals surface area contributed by atoms with Gasteiger partial charge in [0, 0.05) is 14.1 Å². The minimum absolute atomic E-state index is 0.316. The van der Waals surface area contributed by atoms with E-state index in [0.717, 1.165) is 20.9 Å². The number of carbonyl (C=O) groups excluding carboxylic acids is 4. The first kappa shape index (κ1) is 23.2. The number of hydrogen-bond donors (Lipinski definition) is 0. The first-order valence-electron chi connectivity index (χ1n) is 11.8. The third-order valence-corrected chi connectivity index (χ3v) is 6.64. The molecule has 0 unspecified atom stereocenters. The van der Waals surface area contributed by atoms with Crippen LogP contribution < -0.4 is 9.47 Å². The molecule has 4 aromatic carbocycles. The van der Waals surface area contributed by atoms with E-state index in [0.29, 0.717) is 45.3 Å². The molecule has 0 aliphatic carbocycles. The molecule has 186 valence electrons. The van der Waals surface area contributed by atoms with Crippen molar-refractivity contribution in [2.45, 2.75) is 0 Å². The van der Waals surface area contributed by atoms with Crippen LogP contribution in [-0.4, -0.2) is 47.5 Å². The van der Waals surface area contributed by atoms with E-state index in [2.05, 4.69) is 0 Å². The first-order valence-corrected chi connectivity index (χ1v) is 11.8. The molecule has 0 saturated carbocycles. The molecule has 0 fully saturated rings. The molecule has 6 rings (SSSR count). The molecule has 2 aliphatic rings. The Kier molecular flexibility index (Phi) is 5.31. The predicted molar refractivity (Wildman–Crippen MR) is 138 cm³/mol. The average Bonchev–Trinajstić information content (AvgIpc) is 3.28. The van der Waals surface area contributed by atoms with Gasteiger partial charge in [-0.2, -0.15) is 0 Å². The SMILES string of the molecule is CN1C(=O)c2ccc(Oc3ccc(-c4ccc(Oc5ccc6c(c5)C(=O)N(C)C6=O)cc4)cc3)cc2C1=O. The zero-order valence-electron chi connectivity index (χ0n) is 20.4. The number of rotatable bonds is 5. The average molecular weight is 504 g/mol. The predicted octanol–water partition coefficient (Wildman–Crippen LogP) is 5.39. The van der Waals surface area contributed by atoms with Gasteiger partial charge in [0.2, 0.25) is 0 Å². The van der Waals surface area contributed by atoms with Gasteiger partial charge in [0.1, 0.15) is 23.0 Å². The number of nitrogens with zero attached hydrogens (tertiary/aromatic N) is 2. The molecule has 0 radical (unpaired) electrons. The van der Waals surface area contributed by atoms with Crippen molar-refractivity contribution in [1.29, 1.82) is 0 Å². The van der Waals surface area contributed by atoms with Gasteiger partial charge in [-0.25, -0.2) is 0 Å². The zero-order chi connectivity index (χ0) is 26.6. The van der Waals surface area contributed by atoms with Gasteiger partial charge in [0.15, 0.2) is 0 Å². The lowest BCUT2D eigenvalue weighted by molar-refractivity contribution is 0.0677. The lowest BCUT2D eigenvalue weighted by Gasteiger charge is -2.09. The van der Waals surface area contributed by atoms with Gasteiger partial charge >= 0.3 is 0 Å². The molecule has 4 aromatic rings. The second-order valence-corrected chi connectivity index (χ2v) is 9.01. The summed E-state index contributed by atoms with van der Waals surface area (Å²) in [5.41, 5.74) is 3.34. The largest absolute Gasteiger partial charge is 0.457 e. The van der Waals surface area contributed by atoms with Crippen LogP contribution in [0.15, 0.2) is 84.9 Å². The minimum atomic E-state index is -0.342. The van der Waals surface area contributed by atoms with Gasteiger partial charge in [-0.3, -0.25) is 29.0 Å². The minimum Gasteiger partial charge on any atom is -0.457 e. The number of amides is 4. The highest BCUT2D eigenvalue weighted by atomic mass is 16.5. The molecule has 4 amide bonds. The van der Waals surface area contributed by atoms with E-state index < -0.39 is 0 Å². The summed E-state index contributed by atoms with van der Waals surface area (Å²) in [6, 6.07) is 24.7. The molecule has 0 aromatic heterocycles. The number of hydrogen-bond acceptors (Lipinski definition) is 6. The smallest absolute Gasteiger partial charge is 0.261 e. The Labute approximate surface area is 217 Å². The van der Waals surface area contributed by atoms with Crippen LogP contribution >= 0.6 is 0 Å². The summed E-state index contributed by atoms with van der Waals surface area (Å²) in [4.78, 5) is 50.8. The van der Waals surface area contributed by atoms with Crippen molar-refractivity contribution in [3.8, 4) is 34.1 Å². The van der Waals surface area contributed by atoms with Gasteiger partial charge < -0.3 is 9.47 Å². The molecular formula is C30H20N2O6. The first-order chi connectivity index (χ1) is 18.3. The Morgan fingerprint density at radius 2 is 0.737 bits per heavy atom. The summed E-state index contributed by atoms with van der Waals surface area (Å²) >= 11 is 0. The van der Waals surface area contributed by atoms with Gasteiger partial charge in [-0.1, -0.05) is 24.3 Å². The standard InChI is InChI=1S/C30H20N2O6/c1-31-27(33)23-13-11-21(15-25(23)29(31)35)37-19-7-3-17(4-8-19)18-5-9-20(10-6-18)38-22-12-14-24-26(16-22)30(36)32(2)28(24)34/h3-16H,1-2H3. The Balaban J connectivity index is 1.14.